The molecule has 2 aliphatic rings. The molecule has 0 atom stereocenters. The van der Waals surface area contributed by atoms with Crippen LogP contribution in [0.1, 0.15) is 0 Å². The molecule has 0 radical (unpaired) electrons. The molecule has 4 heteroatoms. The monoisotopic (exact) mass is 320 g/mol. The molecule has 1 aromatic rings. The van der Waals surface area contributed by atoms with Crippen LogP contribution in [0.5, 0.6) is 0 Å². The normalized spacial score (nSPS) is 15.4. The summed E-state index contributed by atoms with van der Waals surface area (Å²) in [4.78, 5) is 24.8. The number of fused-ring (bicyclic) bond motifs is 2. The molecule has 4 nitrogen and oxygen atoms in total. The fourth-order valence-electron chi connectivity index (χ4n) is 2.83. The number of carbonyl (C=O) groups is 2. The van der Waals surface area contributed by atoms with Crippen LogP contribution in [-0.2, 0) is 19.1 Å². The quantitative estimate of drug-likeness (QED) is 0.772. The molecule has 0 aromatic heterocycles. The van der Waals surface area contributed by atoms with Crippen molar-refractivity contribution in [2.45, 2.75) is 0 Å². The molecule has 120 valence electrons. The summed E-state index contributed by atoms with van der Waals surface area (Å²) in [5.41, 5.74) is 1.87. The maximum Gasteiger partial charge on any atom is 0.339 e. The molecule has 24 heavy (non-hydrogen) atoms. The third-order valence-corrected chi connectivity index (χ3v) is 3.92. The predicted octanol–water partition coefficient (Wildman–Crippen LogP) is 1.33. The summed E-state index contributed by atoms with van der Waals surface area (Å²) in [6, 6.07) is 7.66. The van der Waals surface area contributed by atoms with E-state index in [1.807, 2.05) is 48.6 Å². The molecule has 0 amide bonds. The van der Waals surface area contributed by atoms with Crippen LogP contribution in [0.2, 0.25) is 0 Å². The van der Waals surface area contributed by atoms with E-state index in [1.165, 1.54) is 14.2 Å². The van der Waals surface area contributed by atoms with Gasteiger partial charge in [0, 0.05) is 0 Å². The summed E-state index contributed by atoms with van der Waals surface area (Å²) in [5, 5.41) is 1.77. The molecule has 2 aliphatic carbocycles. The van der Waals surface area contributed by atoms with Crippen molar-refractivity contribution in [2.75, 3.05) is 14.2 Å². The Kier molecular flexibility index (Phi) is 4.29. The second-order valence-corrected chi connectivity index (χ2v) is 5.24. The molecule has 0 saturated carbocycles. The highest BCUT2D eigenvalue weighted by Gasteiger charge is 2.27. The van der Waals surface area contributed by atoms with Crippen LogP contribution in [0.3, 0.4) is 0 Å². The number of esters is 2. The second kappa shape index (κ2) is 6.54. The van der Waals surface area contributed by atoms with Gasteiger partial charge < -0.3 is 9.47 Å². The molecule has 0 heterocycles. The van der Waals surface area contributed by atoms with Crippen molar-refractivity contribution < 1.29 is 19.1 Å². The zero-order valence-corrected chi connectivity index (χ0v) is 13.4. The lowest BCUT2D eigenvalue weighted by molar-refractivity contribution is -0.138. The Balaban J connectivity index is 2.49. The molecule has 3 rings (SSSR count). The van der Waals surface area contributed by atoms with Crippen molar-refractivity contribution in [2.24, 2.45) is 0 Å². The minimum Gasteiger partial charge on any atom is -0.465 e. The summed E-state index contributed by atoms with van der Waals surface area (Å²) < 4.78 is 9.82. The van der Waals surface area contributed by atoms with Gasteiger partial charge >= 0.3 is 11.9 Å². The van der Waals surface area contributed by atoms with E-state index in [0.717, 1.165) is 16.0 Å². The molecule has 0 aliphatic heterocycles. The van der Waals surface area contributed by atoms with Crippen molar-refractivity contribution in [1.29, 1.82) is 0 Å². The van der Waals surface area contributed by atoms with Gasteiger partial charge in [-0.25, -0.2) is 9.59 Å². The van der Waals surface area contributed by atoms with E-state index in [-0.39, 0.29) is 11.1 Å². The molecule has 0 spiro atoms. The molecule has 0 N–H and O–H groups in total. The van der Waals surface area contributed by atoms with E-state index in [0.29, 0.717) is 5.57 Å². The van der Waals surface area contributed by atoms with Gasteiger partial charge in [0.2, 0.25) is 0 Å². The first-order chi connectivity index (χ1) is 11.7. The van der Waals surface area contributed by atoms with Crippen molar-refractivity contribution in [3.8, 4) is 0 Å². The van der Waals surface area contributed by atoms with Gasteiger partial charge in [-0.05, 0) is 27.7 Å². The Morgan fingerprint density at radius 3 is 2.42 bits per heavy atom. The first kappa shape index (κ1) is 15.7. The summed E-state index contributed by atoms with van der Waals surface area (Å²) in [6.45, 7) is 0. The van der Waals surface area contributed by atoms with E-state index >= 15 is 0 Å². The highest BCUT2D eigenvalue weighted by Crippen LogP contribution is 2.29. The van der Waals surface area contributed by atoms with E-state index in [4.69, 9.17) is 9.47 Å². The van der Waals surface area contributed by atoms with Crippen LogP contribution in [-0.4, -0.2) is 26.2 Å². The summed E-state index contributed by atoms with van der Waals surface area (Å²) in [6.07, 6.45) is 11.0. The van der Waals surface area contributed by atoms with Gasteiger partial charge in [-0.3, -0.25) is 0 Å². The van der Waals surface area contributed by atoms with Gasteiger partial charge in [0.05, 0.1) is 25.4 Å². The Morgan fingerprint density at radius 2 is 1.67 bits per heavy atom. The van der Waals surface area contributed by atoms with Crippen LogP contribution >= 0.6 is 0 Å². The van der Waals surface area contributed by atoms with Crippen LogP contribution in [0.15, 0.2) is 71.4 Å². The predicted molar refractivity (Wildman–Crippen MR) is 91.0 cm³/mol. The average Bonchev–Trinajstić information content (AvgIpc) is 2.92. The van der Waals surface area contributed by atoms with E-state index in [9.17, 15) is 9.59 Å². The lowest BCUT2D eigenvalue weighted by Gasteiger charge is -2.12. The third kappa shape index (κ3) is 2.63. The third-order valence-electron chi connectivity index (χ3n) is 3.92. The molecule has 0 bridgehead atoms. The topological polar surface area (TPSA) is 52.6 Å². The molecular formula is C20H16O4. The second-order valence-electron chi connectivity index (χ2n) is 5.24. The fraction of sp³-hybridized carbons (Fsp3) is 0.100. The number of benzene rings is 1. The first-order valence-corrected chi connectivity index (χ1v) is 7.45. The SMILES string of the molecule is COC(=O)C1=C(C(=O)OC)C2=CC=CC=CC2=c2ccccc2=C1. The molecule has 0 saturated heterocycles. The smallest absolute Gasteiger partial charge is 0.339 e. The van der Waals surface area contributed by atoms with Crippen LogP contribution in [0.4, 0.5) is 0 Å². The van der Waals surface area contributed by atoms with Crippen LogP contribution < -0.4 is 10.4 Å². The number of hydrogen-bond donors (Lipinski definition) is 0. The Labute approximate surface area is 139 Å². The van der Waals surface area contributed by atoms with Gasteiger partial charge in [0.15, 0.2) is 0 Å². The van der Waals surface area contributed by atoms with Gasteiger partial charge in [-0.2, -0.15) is 0 Å². The summed E-state index contributed by atoms with van der Waals surface area (Å²) >= 11 is 0. The highest BCUT2D eigenvalue weighted by atomic mass is 16.5. The van der Waals surface area contributed by atoms with Crippen molar-refractivity contribution in [3.05, 3.63) is 81.8 Å². The summed E-state index contributed by atoms with van der Waals surface area (Å²) in [5.74, 6) is -1.16. The number of allylic oxidation sites excluding steroid dienone is 5. The Bertz CT molecular complexity index is 956. The Hall–Kier alpha value is -3.14. The van der Waals surface area contributed by atoms with E-state index < -0.39 is 11.9 Å². The minimum absolute atomic E-state index is 0.182. The maximum absolute atomic E-state index is 12.5. The number of ether oxygens (including phenoxy) is 2. The van der Waals surface area contributed by atoms with Crippen molar-refractivity contribution in [1.82, 2.24) is 0 Å². The van der Waals surface area contributed by atoms with Gasteiger partial charge in [-0.15, -0.1) is 0 Å². The van der Waals surface area contributed by atoms with Gasteiger partial charge in [0.1, 0.15) is 0 Å². The van der Waals surface area contributed by atoms with Crippen molar-refractivity contribution >= 4 is 23.6 Å². The van der Waals surface area contributed by atoms with Gasteiger partial charge in [0.25, 0.3) is 0 Å². The molecular weight excluding hydrogens is 304 g/mol. The largest absolute Gasteiger partial charge is 0.465 e. The fourth-order valence-corrected chi connectivity index (χ4v) is 2.83. The lowest BCUT2D eigenvalue weighted by Crippen LogP contribution is -2.26. The zero-order valence-electron chi connectivity index (χ0n) is 13.4. The standard InChI is InChI=1S/C20H16O4/c1-23-19(21)17-12-13-8-6-7-9-14(13)15-10-4-3-5-11-16(15)18(17)20(22)24-2/h3-12H,1-2H3. The number of hydrogen-bond acceptors (Lipinski definition) is 4. The maximum atomic E-state index is 12.5. The molecule has 0 unspecified atom stereocenters. The lowest BCUT2D eigenvalue weighted by atomic mass is 9.93. The van der Waals surface area contributed by atoms with E-state index in [1.54, 1.807) is 12.2 Å². The summed E-state index contributed by atoms with van der Waals surface area (Å²) in [7, 11) is 2.59. The average molecular weight is 320 g/mol. The first-order valence-electron chi connectivity index (χ1n) is 7.45. The number of methoxy groups -OCH3 is 2. The van der Waals surface area contributed by atoms with Crippen LogP contribution in [0, 0.1) is 0 Å². The Morgan fingerprint density at radius 1 is 0.917 bits per heavy atom. The zero-order chi connectivity index (χ0) is 17.1. The van der Waals surface area contributed by atoms with E-state index in [2.05, 4.69) is 0 Å². The molecule has 0 fully saturated rings. The van der Waals surface area contributed by atoms with Crippen LogP contribution in [0.25, 0.3) is 11.6 Å². The molecule has 1 aromatic carbocycles. The minimum atomic E-state index is -0.579. The van der Waals surface area contributed by atoms with Crippen molar-refractivity contribution in [3.63, 3.8) is 0 Å². The highest BCUT2D eigenvalue weighted by molar-refractivity contribution is 6.12. The number of carbonyl (C=O) groups excluding carboxylic acids is 2. The van der Waals surface area contributed by atoms with Gasteiger partial charge in [-0.1, -0.05) is 54.6 Å². The number of rotatable bonds is 2.